The molecule has 3 nitrogen and oxygen atoms in total. The molecule has 2 saturated heterocycles. The van der Waals surface area contributed by atoms with Gasteiger partial charge in [-0.25, -0.2) is 0 Å². The fourth-order valence-corrected chi connectivity index (χ4v) is 2.92. The molecule has 3 heteroatoms. The Morgan fingerprint density at radius 3 is 2.56 bits per heavy atom. The van der Waals surface area contributed by atoms with Gasteiger partial charge in [0.25, 0.3) is 0 Å². The van der Waals surface area contributed by atoms with Crippen molar-refractivity contribution in [3.05, 3.63) is 0 Å². The van der Waals surface area contributed by atoms with Crippen molar-refractivity contribution in [1.29, 1.82) is 0 Å². The van der Waals surface area contributed by atoms with Crippen molar-refractivity contribution >= 4 is 5.91 Å². The van der Waals surface area contributed by atoms with Crippen LogP contribution in [0.2, 0.25) is 0 Å². The van der Waals surface area contributed by atoms with Gasteiger partial charge in [-0.1, -0.05) is 6.92 Å². The Balaban J connectivity index is 1.87. The van der Waals surface area contributed by atoms with Gasteiger partial charge in [0, 0.05) is 19.6 Å². The molecule has 1 amide bonds. The van der Waals surface area contributed by atoms with E-state index in [0.29, 0.717) is 5.91 Å². The van der Waals surface area contributed by atoms with Crippen molar-refractivity contribution < 1.29 is 4.79 Å². The molecule has 0 aromatic heterocycles. The first-order valence-electron chi connectivity index (χ1n) is 6.82. The first kappa shape index (κ1) is 11.9. The molecule has 0 spiro atoms. The summed E-state index contributed by atoms with van der Waals surface area (Å²) in [6.07, 6.45) is 6.01. The van der Waals surface area contributed by atoms with E-state index in [0.717, 1.165) is 32.6 Å². The van der Waals surface area contributed by atoms with Gasteiger partial charge in [0.05, 0.1) is 5.92 Å². The first-order chi connectivity index (χ1) is 7.81. The second-order valence-electron chi connectivity index (χ2n) is 5.12. The highest BCUT2D eigenvalue weighted by Gasteiger charge is 2.29. The number of likely N-dealkylation sites (tertiary alicyclic amines) is 2. The maximum absolute atomic E-state index is 12.3. The van der Waals surface area contributed by atoms with E-state index in [2.05, 4.69) is 16.7 Å². The number of rotatable bonds is 2. The maximum Gasteiger partial charge on any atom is 0.226 e. The van der Waals surface area contributed by atoms with Gasteiger partial charge in [0.1, 0.15) is 0 Å². The first-order valence-corrected chi connectivity index (χ1v) is 6.82. The number of nitrogens with zero attached hydrogens (tertiary/aromatic N) is 2. The third-order valence-electron chi connectivity index (χ3n) is 3.97. The van der Waals surface area contributed by atoms with Crippen LogP contribution in [0.4, 0.5) is 0 Å². The zero-order chi connectivity index (χ0) is 11.4. The molecule has 2 aliphatic heterocycles. The van der Waals surface area contributed by atoms with Crippen molar-refractivity contribution in [2.24, 2.45) is 5.92 Å². The van der Waals surface area contributed by atoms with Gasteiger partial charge in [0.2, 0.25) is 5.91 Å². The Labute approximate surface area is 98.8 Å². The molecule has 0 aliphatic carbocycles. The summed E-state index contributed by atoms with van der Waals surface area (Å²) in [6, 6.07) is 0. The van der Waals surface area contributed by atoms with Crippen LogP contribution in [0.5, 0.6) is 0 Å². The number of carbonyl (C=O) groups excluding carboxylic acids is 1. The van der Waals surface area contributed by atoms with E-state index >= 15 is 0 Å². The Morgan fingerprint density at radius 2 is 1.88 bits per heavy atom. The fourth-order valence-electron chi connectivity index (χ4n) is 2.92. The lowest BCUT2D eigenvalue weighted by Crippen LogP contribution is -2.46. The van der Waals surface area contributed by atoms with Crippen LogP contribution in [0, 0.1) is 5.92 Å². The van der Waals surface area contributed by atoms with Crippen LogP contribution < -0.4 is 0 Å². The molecule has 2 heterocycles. The highest BCUT2D eigenvalue weighted by molar-refractivity contribution is 5.79. The van der Waals surface area contributed by atoms with Gasteiger partial charge in [-0.2, -0.15) is 0 Å². The van der Waals surface area contributed by atoms with Crippen molar-refractivity contribution in [3.63, 3.8) is 0 Å². The summed E-state index contributed by atoms with van der Waals surface area (Å²) in [7, 11) is 0. The van der Waals surface area contributed by atoms with E-state index in [1.807, 2.05) is 0 Å². The summed E-state index contributed by atoms with van der Waals surface area (Å²) in [5.74, 6) is 0.713. The summed E-state index contributed by atoms with van der Waals surface area (Å²) in [6.45, 7) is 7.45. The Bertz CT molecular complexity index is 236. The highest BCUT2D eigenvalue weighted by Crippen LogP contribution is 2.20. The van der Waals surface area contributed by atoms with Crippen LogP contribution in [-0.4, -0.2) is 48.4 Å². The lowest BCUT2D eigenvalue weighted by atomic mass is 9.95. The number of hydrogen-bond donors (Lipinski definition) is 0. The second kappa shape index (κ2) is 5.67. The molecule has 2 rings (SSSR count). The molecule has 0 radical (unpaired) electrons. The zero-order valence-electron chi connectivity index (χ0n) is 10.5. The van der Waals surface area contributed by atoms with Crippen LogP contribution in [0.15, 0.2) is 0 Å². The molecule has 92 valence electrons. The summed E-state index contributed by atoms with van der Waals surface area (Å²) >= 11 is 0. The molecule has 2 aliphatic rings. The molecule has 1 unspecified atom stereocenters. The molecule has 2 fully saturated rings. The Morgan fingerprint density at radius 1 is 1.12 bits per heavy atom. The van der Waals surface area contributed by atoms with Crippen LogP contribution in [0.25, 0.3) is 0 Å². The monoisotopic (exact) mass is 224 g/mol. The van der Waals surface area contributed by atoms with Gasteiger partial charge in [-0.15, -0.1) is 0 Å². The van der Waals surface area contributed by atoms with Crippen molar-refractivity contribution in [2.75, 3.05) is 32.7 Å². The predicted octanol–water partition coefficient (Wildman–Crippen LogP) is 1.73. The summed E-state index contributed by atoms with van der Waals surface area (Å²) in [4.78, 5) is 16.8. The number of carbonyl (C=O) groups is 1. The van der Waals surface area contributed by atoms with Crippen LogP contribution in [0.3, 0.4) is 0 Å². The number of hydrogen-bond acceptors (Lipinski definition) is 2. The van der Waals surface area contributed by atoms with Crippen molar-refractivity contribution in [1.82, 2.24) is 9.80 Å². The standard InChI is InChI=1S/C13H24N2O/c1-2-14-8-6-7-12(11-14)13(16)15-9-4-3-5-10-15/h12H,2-11H2,1H3. The third kappa shape index (κ3) is 2.76. The average molecular weight is 224 g/mol. The van der Waals surface area contributed by atoms with Gasteiger partial charge in [0.15, 0.2) is 0 Å². The maximum atomic E-state index is 12.3. The molecule has 0 aromatic carbocycles. The Hall–Kier alpha value is -0.570. The summed E-state index contributed by atoms with van der Waals surface area (Å²) in [5.41, 5.74) is 0. The Kier molecular flexibility index (Phi) is 4.22. The van der Waals surface area contributed by atoms with Gasteiger partial charge in [-0.05, 0) is 45.2 Å². The number of piperidine rings is 2. The van der Waals surface area contributed by atoms with E-state index in [4.69, 9.17) is 0 Å². The molecule has 0 aromatic rings. The van der Waals surface area contributed by atoms with Crippen molar-refractivity contribution in [3.8, 4) is 0 Å². The molecular formula is C13H24N2O. The summed E-state index contributed by atoms with van der Waals surface area (Å²) < 4.78 is 0. The SMILES string of the molecule is CCN1CCCC(C(=O)N2CCCCC2)C1. The topological polar surface area (TPSA) is 23.6 Å². The van der Waals surface area contributed by atoms with Gasteiger partial charge >= 0.3 is 0 Å². The normalized spacial score (nSPS) is 28.1. The minimum atomic E-state index is 0.284. The zero-order valence-corrected chi connectivity index (χ0v) is 10.5. The van der Waals surface area contributed by atoms with E-state index in [9.17, 15) is 4.79 Å². The third-order valence-corrected chi connectivity index (χ3v) is 3.97. The average Bonchev–Trinajstić information content (AvgIpc) is 2.39. The number of amides is 1. The lowest BCUT2D eigenvalue weighted by molar-refractivity contribution is -0.138. The van der Waals surface area contributed by atoms with Crippen LogP contribution in [-0.2, 0) is 4.79 Å². The minimum absolute atomic E-state index is 0.284. The van der Waals surface area contributed by atoms with Crippen LogP contribution >= 0.6 is 0 Å². The molecule has 16 heavy (non-hydrogen) atoms. The quantitative estimate of drug-likeness (QED) is 0.713. The predicted molar refractivity (Wildman–Crippen MR) is 65.3 cm³/mol. The smallest absolute Gasteiger partial charge is 0.226 e. The van der Waals surface area contributed by atoms with Crippen LogP contribution in [0.1, 0.15) is 39.0 Å². The van der Waals surface area contributed by atoms with Gasteiger partial charge in [-0.3, -0.25) is 4.79 Å². The second-order valence-corrected chi connectivity index (χ2v) is 5.12. The molecular weight excluding hydrogens is 200 g/mol. The summed E-state index contributed by atoms with van der Waals surface area (Å²) in [5, 5.41) is 0. The lowest BCUT2D eigenvalue weighted by Gasteiger charge is -2.35. The fraction of sp³-hybridized carbons (Fsp3) is 0.923. The largest absolute Gasteiger partial charge is 0.342 e. The molecule has 0 bridgehead atoms. The van der Waals surface area contributed by atoms with E-state index < -0.39 is 0 Å². The van der Waals surface area contributed by atoms with Crippen molar-refractivity contribution in [2.45, 2.75) is 39.0 Å². The minimum Gasteiger partial charge on any atom is -0.342 e. The highest BCUT2D eigenvalue weighted by atomic mass is 16.2. The van der Waals surface area contributed by atoms with Gasteiger partial charge < -0.3 is 9.80 Å². The van der Waals surface area contributed by atoms with E-state index in [1.165, 1.54) is 32.2 Å². The molecule has 0 saturated carbocycles. The molecule has 1 atom stereocenters. The molecule has 0 N–H and O–H groups in total. The van der Waals surface area contributed by atoms with E-state index in [1.54, 1.807) is 0 Å². The van der Waals surface area contributed by atoms with E-state index in [-0.39, 0.29) is 5.92 Å².